The number of carbonyl (C=O) groups is 3. The average Bonchev–Trinajstić information content (AvgIpc) is 3.16. The zero-order valence-corrected chi connectivity index (χ0v) is 16.4. The number of anilines is 2. The predicted octanol–water partition coefficient (Wildman–Crippen LogP) is 3.28. The van der Waals surface area contributed by atoms with Crippen LogP contribution in [0.3, 0.4) is 0 Å². The third-order valence-corrected chi connectivity index (χ3v) is 5.60. The van der Waals surface area contributed by atoms with Gasteiger partial charge in [0, 0.05) is 11.9 Å². The molecule has 0 aromatic heterocycles. The van der Waals surface area contributed by atoms with Gasteiger partial charge in [-0.25, -0.2) is 4.90 Å². The number of amides is 2. The second-order valence-electron chi connectivity index (χ2n) is 7.04. The third-order valence-electron chi connectivity index (χ3n) is 5.19. The van der Waals surface area contributed by atoms with Crippen molar-refractivity contribution in [3.63, 3.8) is 0 Å². The molecule has 2 aliphatic rings. The van der Waals surface area contributed by atoms with Crippen LogP contribution in [0.25, 0.3) is 0 Å². The lowest BCUT2D eigenvalue weighted by molar-refractivity contribution is -0.122. The van der Waals surface area contributed by atoms with Gasteiger partial charge in [-0.05, 0) is 43.7 Å². The Morgan fingerprint density at radius 1 is 1.04 bits per heavy atom. The molecule has 2 heterocycles. The van der Waals surface area contributed by atoms with Crippen molar-refractivity contribution in [2.45, 2.75) is 26.8 Å². The van der Waals surface area contributed by atoms with Crippen LogP contribution in [0.2, 0.25) is 5.02 Å². The van der Waals surface area contributed by atoms with Crippen molar-refractivity contribution in [3.8, 4) is 0 Å². The lowest BCUT2D eigenvalue weighted by Gasteiger charge is -2.24. The van der Waals surface area contributed by atoms with Gasteiger partial charge in [0.15, 0.2) is 5.78 Å². The number of carbonyl (C=O) groups excluding carboxylic acids is 3. The summed E-state index contributed by atoms with van der Waals surface area (Å²) < 4.78 is 0. The van der Waals surface area contributed by atoms with Gasteiger partial charge in [-0.2, -0.15) is 5.10 Å². The van der Waals surface area contributed by atoms with Crippen molar-refractivity contribution < 1.29 is 14.4 Å². The summed E-state index contributed by atoms with van der Waals surface area (Å²) in [6.45, 7) is 5.10. The minimum absolute atomic E-state index is 0.0948. The van der Waals surface area contributed by atoms with Crippen LogP contribution in [0.5, 0.6) is 0 Å². The fourth-order valence-electron chi connectivity index (χ4n) is 3.70. The van der Waals surface area contributed by atoms with Crippen LogP contribution in [-0.2, 0) is 14.4 Å². The molecule has 6 nitrogen and oxygen atoms in total. The zero-order chi connectivity index (χ0) is 20.2. The lowest BCUT2D eigenvalue weighted by atomic mass is 9.95. The first-order chi connectivity index (χ1) is 13.3. The Balaban J connectivity index is 1.83. The van der Waals surface area contributed by atoms with Gasteiger partial charge in [0.2, 0.25) is 5.91 Å². The highest BCUT2D eigenvalue weighted by atomic mass is 35.5. The Kier molecular flexibility index (Phi) is 4.31. The molecule has 1 fully saturated rings. The summed E-state index contributed by atoms with van der Waals surface area (Å²) >= 11 is 6.23. The van der Waals surface area contributed by atoms with Gasteiger partial charge < -0.3 is 0 Å². The molecule has 4 rings (SSSR count). The first-order valence-corrected chi connectivity index (χ1v) is 9.27. The zero-order valence-electron chi connectivity index (χ0n) is 15.6. The Bertz CT molecular complexity index is 1050. The van der Waals surface area contributed by atoms with E-state index in [2.05, 4.69) is 5.10 Å². The molecular formula is C21H18ClN3O3. The van der Waals surface area contributed by atoms with Crippen LogP contribution in [0.15, 0.2) is 47.6 Å². The van der Waals surface area contributed by atoms with Crippen molar-refractivity contribution in [3.05, 3.63) is 58.6 Å². The van der Waals surface area contributed by atoms with Crippen molar-refractivity contribution in [2.24, 2.45) is 11.0 Å². The highest BCUT2D eigenvalue weighted by Gasteiger charge is 2.58. The van der Waals surface area contributed by atoms with Gasteiger partial charge in [-0.3, -0.25) is 19.4 Å². The topological polar surface area (TPSA) is 70.1 Å². The Morgan fingerprint density at radius 2 is 1.71 bits per heavy atom. The molecule has 0 bridgehead atoms. The van der Waals surface area contributed by atoms with Gasteiger partial charge in [0.05, 0.1) is 11.4 Å². The van der Waals surface area contributed by atoms with E-state index in [1.165, 1.54) is 11.9 Å². The number of fused-ring (bicyclic) bond motifs is 1. The molecule has 0 saturated carbocycles. The number of benzene rings is 2. The first-order valence-electron chi connectivity index (χ1n) is 8.89. The van der Waals surface area contributed by atoms with Gasteiger partial charge in [-0.1, -0.05) is 35.4 Å². The number of aryl methyl sites for hydroxylation is 1. The second kappa shape index (κ2) is 6.56. The van der Waals surface area contributed by atoms with Gasteiger partial charge >= 0.3 is 0 Å². The van der Waals surface area contributed by atoms with Crippen LogP contribution in [0.4, 0.5) is 11.4 Å². The molecule has 0 aliphatic carbocycles. The summed E-state index contributed by atoms with van der Waals surface area (Å²) in [5.41, 5.74) is 2.93. The standard InChI is InChI=1S/C21H18ClN3O3/c1-11-7-9-14(10-8-11)24-20(27)17-18(13(3)26)23-25(19(17)21(24)28)16-6-4-5-15(22)12(16)2/h4-10,17,19H,1-3H3/t17-,19+/m1/s1. The summed E-state index contributed by atoms with van der Waals surface area (Å²) in [6, 6.07) is 11.5. The Morgan fingerprint density at radius 3 is 2.36 bits per heavy atom. The number of rotatable bonds is 3. The Hall–Kier alpha value is -2.99. The van der Waals surface area contributed by atoms with Crippen LogP contribution in [0, 0.1) is 19.8 Å². The number of imide groups is 1. The second-order valence-corrected chi connectivity index (χ2v) is 7.45. The van der Waals surface area contributed by atoms with Gasteiger partial charge in [-0.15, -0.1) is 0 Å². The third kappa shape index (κ3) is 2.64. The molecule has 0 radical (unpaired) electrons. The van der Waals surface area contributed by atoms with E-state index in [9.17, 15) is 14.4 Å². The minimum atomic E-state index is -0.926. The fraction of sp³-hybridized carbons (Fsp3) is 0.238. The lowest BCUT2D eigenvalue weighted by Crippen LogP contribution is -2.39. The number of nitrogens with zero attached hydrogens (tertiary/aromatic N) is 3. The van der Waals surface area contributed by atoms with E-state index in [4.69, 9.17) is 11.6 Å². The van der Waals surface area contributed by atoms with Crippen molar-refractivity contribution in [1.29, 1.82) is 0 Å². The maximum Gasteiger partial charge on any atom is 0.259 e. The molecule has 2 atom stereocenters. The number of hydrazone groups is 1. The molecule has 28 heavy (non-hydrogen) atoms. The summed E-state index contributed by atoms with van der Waals surface area (Å²) in [7, 11) is 0. The van der Waals surface area contributed by atoms with Crippen LogP contribution >= 0.6 is 11.6 Å². The molecule has 7 heteroatoms. The number of ketones is 1. The summed E-state index contributed by atoms with van der Waals surface area (Å²) in [5, 5.41) is 6.35. The highest BCUT2D eigenvalue weighted by Crippen LogP contribution is 2.40. The van der Waals surface area contributed by atoms with E-state index in [0.717, 1.165) is 16.0 Å². The largest absolute Gasteiger partial charge is 0.293 e. The van der Waals surface area contributed by atoms with Crippen LogP contribution < -0.4 is 9.91 Å². The summed E-state index contributed by atoms with van der Waals surface area (Å²) in [6.07, 6.45) is 0. The fourth-order valence-corrected chi connectivity index (χ4v) is 3.87. The predicted molar refractivity (Wildman–Crippen MR) is 108 cm³/mol. The van der Waals surface area contributed by atoms with Crippen molar-refractivity contribution >= 4 is 46.3 Å². The van der Waals surface area contributed by atoms with E-state index in [1.54, 1.807) is 30.3 Å². The molecule has 0 unspecified atom stereocenters. The van der Waals surface area contributed by atoms with E-state index in [1.807, 2.05) is 26.0 Å². The number of halogens is 1. The summed E-state index contributed by atoms with van der Waals surface area (Å²) in [5.74, 6) is -2.10. The molecule has 2 amide bonds. The molecule has 0 spiro atoms. The molecular weight excluding hydrogens is 378 g/mol. The maximum absolute atomic E-state index is 13.3. The molecule has 1 saturated heterocycles. The Labute approximate surface area is 167 Å². The molecule has 0 N–H and O–H groups in total. The molecule has 2 aromatic rings. The van der Waals surface area contributed by atoms with E-state index in [-0.39, 0.29) is 11.5 Å². The van der Waals surface area contributed by atoms with Crippen molar-refractivity contribution in [1.82, 2.24) is 0 Å². The van der Waals surface area contributed by atoms with Gasteiger partial charge in [0.1, 0.15) is 17.7 Å². The quantitative estimate of drug-likeness (QED) is 0.748. The van der Waals surface area contributed by atoms with Crippen molar-refractivity contribution in [2.75, 3.05) is 9.91 Å². The summed E-state index contributed by atoms with van der Waals surface area (Å²) in [4.78, 5) is 39.8. The van der Waals surface area contributed by atoms with E-state index >= 15 is 0 Å². The number of hydrogen-bond acceptors (Lipinski definition) is 5. The molecule has 142 valence electrons. The normalized spacial score (nSPS) is 21.2. The monoisotopic (exact) mass is 395 g/mol. The molecule has 2 aromatic carbocycles. The van der Waals surface area contributed by atoms with Gasteiger partial charge in [0.25, 0.3) is 5.91 Å². The van der Waals surface area contributed by atoms with Crippen LogP contribution in [0.1, 0.15) is 18.1 Å². The minimum Gasteiger partial charge on any atom is -0.293 e. The van der Waals surface area contributed by atoms with Crippen LogP contribution in [-0.4, -0.2) is 29.4 Å². The smallest absolute Gasteiger partial charge is 0.259 e. The first kappa shape index (κ1) is 18.4. The number of hydrogen-bond donors (Lipinski definition) is 0. The average molecular weight is 396 g/mol. The van der Waals surface area contributed by atoms with E-state index < -0.39 is 23.8 Å². The number of Topliss-reactive ketones (excluding diaryl/α,β-unsaturated/α-hetero) is 1. The maximum atomic E-state index is 13.3. The SMILES string of the molecule is CC(=O)C1=NN(c2cccc(Cl)c2C)[C@@H]2C(=O)N(c3ccc(C)cc3)C(=O)[C@H]12. The molecule has 2 aliphatic heterocycles. The highest BCUT2D eigenvalue weighted by molar-refractivity contribution is 6.49. The van der Waals surface area contributed by atoms with E-state index in [0.29, 0.717) is 16.4 Å².